The van der Waals surface area contributed by atoms with E-state index in [0.717, 1.165) is 5.56 Å². The van der Waals surface area contributed by atoms with E-state index in [0.29, 0.717) is 25.6 Å². The van der Waals surface area contributed by atoms with E-state index in [-0.39, 0.29) is 5.75 Å². The Kier molecular flexibility index (Phi) is 8.53. The molecule has 0 aromatic heterocycles. The molecule has 0 aliphatic heterocycles. The quantitative estimate of drug-likeness (QED) is 0.487. The summed E-state index contributed by atoms with van der Waals surface area (Å²) in [6.07, 6.45) is -0.477. The zero-order valence-electron chi connectivity index (χ0n) is 17.9. The molecule has 1 amide bonds. The van der Waals surface area contributed by atoms with Gasteiger partial charge in [0.1, 0.15) is 5.60 Å². The summed E-state index contributed by atoms with van der Waals surface area (Å²) in [6, 6.07) is 4.75. The Balaban J connectivity index is 2.69. The summed E-state index contributed by atoms with van der Waals surface area (Å²) in [5, 5.41) is 9.15. The smallest absolute Gasteiger partial charge is 0.408 e. The Labute approximate surface area is 167 Å². The van der Waals surface area contributed by atoms with Crippen molar-refractivity contribution in [2.75, 3.05) is 20.2 Å². The van der Waals surface area contributed by atoms with Crippen LogP contribution in [-0.2, 0) is 11.3 Å². The Bertz CT molecular complexity index is 685. The molecule has 1 aromatic carbocycles. The highest BCUT2D eigenvalue weighted by Gasteiger charge is 2.24. The second-order valence-corrected chi connectivity index (χ2v) is 8.03. The molecule has 0 aliphatic rings. The van der Waals surface area contributed by atoms with Crippen molar-refractivity contribution in [1.29, 1.82) is 0 Å². The summed E-state index contributed by atoms with van der Waals surface area (Å²) < 4.78 is 24.0. The van der Waals surface area contributed by atoms with Gasteiger partial charge < -0.3 is 25.4 Å². The van der Waals surface area contributed by atoms with E-state index >= 15 is 0 Å². The van der Waals surface area contributed by atoms with Crippen molar-refractivity contribution in [2.24, 2.45) is 4.99 Å². The highest BCUT2D eigenvalue weighted by atomic mass is 19.1. The predicted molar refractivity (Wildman–Crippen MR) is 109 cm³/mol. The lowest BCUT2D eigenvalue weighted by molar-refractivity contribution is 0.0474. The van der Waals surface area contributed by atoms with Gasteiger partial charge in [-0.15, -0.1) is 0 Å². The summed E-state index contributed by atoms with van der Waals surface area (Å²) in [5.41, 5.74) is -0.399. The first-order chi connectivity index (χ1) is 13.0. The van der Waals surface area contributed by atoms with Crippen molar-refractivity contribution < 1.29 is 18.7 Å². The van der Waals surface area contributed by atoms with Crippen LogP contribution in [0.5, 0.6) is 5.75 Å². The Morgan fingerprint density at radius 2 is 1.86 bits per heavy atom. The van der Waals surface area contributed by atoms with Gasteiger partial charge in [0.2, 0.25) is 0 Å². The van der Waals surface area contributed by atoms with Crippen LogP contribution in [0, 0.1) is 5.82 Å². The van der Waals surface area contributed by atoms with Crippen molar-refractivity contribution >= 4 is 12.1 Å². The third kappa shape index (κ3) is 8.92. The number of carbonyl (C=O) groups excluding carboxylic acids is 1. The zero-order valence-corrected chi connectivity index (χ0v) is 17.9. The molecule has 0 aliphatic carbocycles. The predicted octanol–water partition coefficient (Wildman–Crippen LogP) is 3.19. The molecule has 1 rings (SSSR count). The van der Waals surface area contributed by atoms with Crippen molar-refractivity contribution in [2.45, 2.75) is 59.2 Å². The lowest BCUT2D eigenvalue weighted by Gasteiger charge is -2.29. The van der Waals surface area contributed by atoms with Gasteiger partial charge in [0.05, 0.1) is 19.2 Å². The molecule has 7 nitrogen and oxygen atoms in total. The summed E-state index contributed by atoms with van der Waals surface area (Å²) in [6.45, 7) is 12.6. The van der Waals surface area contributed by atoms with Gasteiger partial charge in [-0.25, -0.2) is 14.2 Å². The SMILES string of the molecule is CCNC(=NCc1ccc(OC)c(F)c1)NCC(C)(C)NC(=O)OC(C)(C)C. The molecule has 3 N–H and O–H groups in total. The molecule has 0 saturated carbocycles. The van der Waals surface area contributed by atoms with Gasteiger partial charge in [0, 0.05) is 13.1 Å². The van der Waals surface area contributed by atoms with Crippen LogP contribution in [0.4, 0.5) is 9.18 Å². The first-order valence-corrected chi connectivity index (χ1v) is 9.31. The highest BCUT2D eigenvalue weighted by Crippen LogP contribution is 2.18. The summed E-state index contributed by atoms with van der Waals surface area (Å²) >= 11 is 0. The summed E-state index contributed by atoms with van der Waals surface area (Å²) in [7, 11) is 1.43. The number of nitrogens with zero attached hydrogens (tertiary/aromatic N) is 1. The molecule has 0 saturated heterocycles. The van der Waals surface area contributed by atoms with E-state index in [4.69, 9.17) is 9.47 Å². The van der Waals surface area contributed by atoms with E-state index in [9.17, 15) is 9.18 Å². The maximum absolute atomic E-state index is 13.8. The van der Waals surface area contributed by atoms with Crippen LogP contribution >= 0.6 is 0 Å². The fourth-order valence-electron chi connectivity index (χ4n) is 2.25. The Morgan fingerprint density at radius 1 is 1.18 bits per heavy atom. The molecule has 0 bridgehead atoms. The number of guanidine groups is 1. The van der Waals surface area contributed by atoms with Gasteiger partial charge in [0.15, 0.2) is 17.5 Å². The molecule has 0 fully saturated rings. The number of rotatable bonds is 7. The van der Waals surface area contributed by atoms with Crippen molar-refractivity contribution in [3.8, 4) is 5.75 Å². The van der Waals surface area contributed by atoms with E-state index in [1.165, 1.54) is 13.2 Å². The normalized spacial score (nSPS) is 12.4. The van der Waals surface area contributed by atoms with E-state index in [1.54, 1.807) is 12.1 Å². The van der Waals surface area contributed by atoms with Crippen molar-refractivity contribution in [3.05, 3.63) is 29.6 Å². The number of alkyl carbamates (subject to hydrolysis) is 1. The number of halogens is 1. The minimum absolute atomic E-state index is 0.202. The number of ether oxygens (including phenoxy) is 2. The zero-order chi connectivity index (χ0) is 21.4. The number of hydrogen-bond donors (Lipinski definition) is 3. The van der Waals surface area contributed by atoms with E-state index in [2.05, 4.69) is 20.9 Å². The average Bonchev–Trinajstić information content (AvgIpc) is 2.55. The molecule has 28 heavy (non-hydrogen) atoms. The van der Waals surface area contributed by atoms with Crippen LogP contribution in [0.1, 0.15) is 47.1 Å². The largest absolute Gasteiger partial charge is 0.494 e. The maximum atomic E-state index is 13.8. The molecule has 0 atom stereocenters. The van der Waals surface area contributed by atoms with Crippen LogP contribution < -0.4 is 20.7 Å². The number of methoxy groups -OCH3 is 1. The monoisotopic (exact) mass is 396 g/mol. The summed E-state index contributed by atoms with van der Waals surface area (Å²) in [5.74, 6) is 0.348. The van der Waals surface area contributed by atoms with E-state index in [1.807, 2.05) is 41.5 Å². The number of benzene rings is 1. The minimum atomic E-state index is -0.565. The third-order valence-electron chi connectivity index (χ3n) is 3.52. The lowest BCUT2D eigenvalue weighted by Crippen LogP contribution is -2.54. The number of carbonyl (C=O) groups is 1. The van der Waals surface area contributed by atoms with Crippen LogP contribution in [0.2, 0.25) is 0 Å². The third-order valence-corrected chi connectivity index (χ3v) is 3.52. The van der Waals surface area contributed by atoms with Gasteiger partial charge in [-0.3, -0.25) is 0 Å². The van der Waals surface area contributed by atoms with Crippen LogP contribution in [0.15, 0.2) is 23.2 Å². The second kappa shape index (κ2) is 10.1. The molecule has 1 aromatic rings. The van der Waals surface area contributed by atoms with Gasteiger partial charge in [-0.05, 0) is 59.2 Å². The number of nitrogens with one attached hydrogen (secondary N) is 3. The summed E-state index contributed by atoms with van der Waals surface area (Å²) in [4.78, 5) is 16.5. The molecule has 158 valence electrons. The number of hydrogen-bond acceptors (Lipinski definition) is 4. The van der Waals surface area contributed by atoms with Crippen LogP contribution in [0.25, 0.3) is 0 Å². The highest BCUT2D eigenvalue weighted by molar-refractivity contribution is 5.80. The first kappa shape index (κ1) is 23.5. The van der Waals surface area contributed by atoms with Gasteiger partial charge in [-0.2, -0.15) is 0 Å². The van der Waals surface area contributed by atoms with Crippen LogP contribution in [-0.4, -0.2) is 43.4 Å². The van der Waals surface area contributed by atoms with E-state index < -0.39 is 23.1 Å². The van der Waals surface area contributed by atoms with Gasteiger partial charge in [-0.1, -0.05) is 6.07 Å². The average molecular weight is 397 g/mol. The first-order valence-electron chi connectivity index (χ1n) is 9.31. The molecule has 0 spiro atoms. The van der Waals surface area contributed by atoms with Crippen molar-refractivity contribution in [3.63, 3.8) is 0 Å². The number of amides is 1. The fraction of sp³-hybridized carbons (Fsp3) is 0.600. The van der Waals surface area contributed by atoms with Crippen molar-refractivity contribution in [1.82, 2.24) is 16.0 Å². The van der Waals surface area contributed by atoms with Gasteiger partial charge in [0.25, 0.3) is 0 Å². The topological polar surface area (TPSA) is 84.0 Å². The van der Waals surface area contributed by atoms with Crippen LogP contribution in [0.3, 0.4) is 0 Å². The Morgan fingerprint density at radius 3 is 2.39 bits per heavy atom. The van der Waals surface area contributed by atoms with Gasteiger partial charge >= 0.3 is 6.09 Å². The molecule has 0 unspecified atom stereocenters. The molecular weight excluding hydrogens is 363 g/mol. The fourth-order valence-corrected chi connectivity index (χ4v) is 2.25. The maximum Gasteiger partial charge on any atom is 0.408 e. The number of aliphatic imine (C=N–C) groups is 1. The molecule has 0 heterocycles. The second-order valence-electron chi connectivity index (χ2n) is 8.03. The standard InChI is InChI=1S/C20H33FN4O3/c1-8-22-17(23-12-14-9-10-16(27-7)15(21)11-14)24-13-20(5,6)25-18(26)28-19(2,3)4/h9-11H,8,12-13H2,1-7H3,(H,25,26)(H2,22,23,24). The molecule has 8 heteroatoms. The lowest BCUT2D eigenvalue weighted by atomic mass is 10.1. The molecular formula is C20H33FN4O3. The minimum Gasteiger partial charge on any atom is -0.494 e. The Hall–Kier alpha value is -2.51. The molecule has 0 radical (unpaired) electrons.